The first-order chi connectivity index (χ1) is 13.1. The van der Waals surface area contributed by atoms with Gasteiger partial charge in [-0.15, -0.1) is 11.3 Å². The van der Waals surface area contributed by atoms with Crippen molar-refractivity contribution < 1.29 is 4.79 Å². The van der Waals surface area contributed by atoms with Crippen molar-refractivity contribution >= 4 is 17.2 Å². The van der Waals surface area contributed by atoms with Crippen molar-refractivity contribution in [2.24, 2.45) is 0 Å². The fourth-order valence-corrected chi connectivity index (χ4v) is 5.34. The number of aryl methyl sites for hydroxylation is 1. The molecule has 1 saturated carbocycles. The smallest absolute Gasteiger partial charge is 0.261 e. The lowest BCUT2D eigenvalue weighted by Crippen LogP contribution is -2.30. The maximum atomic E-state index is 12.5. The van der Waals surface area contributed by atoms with Crippen LogP contribution in [0.25, 0.3) is 0 Å². The summed E-state index contributed by atoms with van der Waals surface area (Å²) in [7, 11) is 0. The molecule has 1 aliphatic carbocycles. The Labute approximate surface area is 163 Å². The molecular formula is C20H26N4O2S. The van der Waals surface area contributed by atoms with Gasteiger partial charge in [-0.3, -0.25) is 14.5 Å². The lowest BCUT2D eigenvalue weighted by Gasteiger charge is -2.23. The number of H-pyrrole nitrogens is 1. The van der Waals surface area contributed by atoms with Gasteiger partial charge < -0.3 is 10.3 Å². The molecule has 2 aliphatic rings. The fraction of sp³-hybridized carbons (Fsp3) is 0.550. The van der Waals surface area contributed by atoms with E-state index in [9.17, 15) is 9.59 Å². The molecule has 0 spiro atoms. The quantitative estimate of drug-likeness (QED) is 0.828. The second-order valence-corrected chi connectivity index (χ2v) is 8.75. The first kappa shape index (κ1) is 18.4. The molecule has 0 radical (unpaired) electrons. The van der Waals surface area contributed by atoms with Gasteiger partial charge in [0.15, 0.2) is 0 Å². The normalized spacial score (nSPS) is 21.0. The van der Waals surface area contributed by atoms with Crippen LogP contribution in [0.15, 0.2) is 23.0 Å². The van der Waals surface area contributed by atoms with Crippen LogP contribution in [-0.4, -0.2) is 39.9 Å². The number of carbonyl (C=O) groups excluding carboxylic acids is 1. The molecule has 6 nitrogen and oxygen atoms in total. The van der Waals surface area contributed by atoms with Gasteiger partial charge in [-0.25, -0.2) is 4.98 Å². The molecule has 0 bridgehead atoms. The summed E-state index contributed by atoms with van der Waals surface area (Å²) in [6.07, 6.45) is 6.62. The number of rotatable bonds is 5. The Morgan fingerprint density at radius 1 is 1.33 bits per heavy atom. The molecule has 1 saturated heterocycles. The summed E-state index contributed by atoms with van der Waals surface area (Å²) in [5.74, 6) is 0.918. The molecule has 2 aromatic heterocycles. The molecule has 7 heteroatoms. The van der Waals surface area contributed by atoms with E-state index in [1.807, 2.05) is 6.07 Å². The van der Waals surface area contributed by atoms with E-state index < -0.39 is 0 Å². The summed E-state index contributed by atoms with van der Waals surface area (Å²) in [5, 5.41) is 2.86. The number of aromatic amines is 1. The van der Waals surface area contributed by atoms with Gasteiger partial charge in [-0.2, -0.15) is 0 Å². The van der Waals surface area contributed by atoms with E-state index in [0.29, 0.717) is 17.4 Å². The van der Waals surface area contributed by atoms with Crippen molar-refractivity contribution in [3.05, 3.63) is 49.8 Å². The molecule has 1 atom stereocenters. The zero-order chi connectivity index (χ0) is 18.8. The Morgan fingerprint density at radius 2 is 2.15 bits per heavy atom. The summed E-state index contributed by atoms with van der Waals surface area (Å²) in [5.41, 5.74) is 0.452. The van der Waals surface area contributed by atoms with Crippen LogP contribution in [0.5, 0.6) is 0 Å². The number of likely N-dealkylation sites (tertiary alicyclic amines) is 1. The minimum absolute atomic E-state index is 0.110. The third-order valence-corrected chi connectivity index (χ3v) is 6.90. The number of hydrogen-bond acceptors (Lipinski definition) is 5. The van der Waals surface area contributed by atoms with Gasteiger partial charge in [0.25, 0.3) is 11.5 Å². The van der Waals surface area contributed by atoms with Gasteiger partial charge in [0.1, 0.15) is 5.82 Å². The standard InChI is InChI=1S/C20H26N4O2S/c1-13-10-19(25)23-18(22-13)11-21-20(26)17-7-6-16(27-17)14-8-9-24(12-14)15-4-2-3-5-15/h6-7,10,14-15H,2-5,8-9,11-12H2,1H3,(H,21,26)(H,22,23,25). The summed E-state index contributed by atoms with van der Waals surface area (Å²) in [6, 6.07) is 6.24. The number of nitrogens with zero attached hydrogens (tertiary/aromatic N) is 2. The van der Waals surface area contributed by atoms with Crippen LogP contribution in [0.1, 0.15) is 64.1 Å². The highest BCUT2D eigenvalue weighted by Gasteiger charge is 2.31. The first-order valence-corrected chi connectivity index (χ1v) is 10.6. The van der Waals surface area contributed by atoms with E-state index in [1.165, 1.54) is 49.6 Å². The molecule has 4 rings (SSSR count). The van der Waals surface area contributed by atoms with Crippen LogP contribution in [0, 0.1) is 6.92 Å². The Bertz CT molecular complexity index is 869. The number of aromatic nitrogens is 2. The molecule has 144 valence electrons. The van der Waals surface area contributed by atoms with Crippen molar-refractivity contribution in [2.75, 3.05) is 13.1 Å². The van der Waals surface area contributed by atoms with Crippen LogP contribution in [0.4, 0.5) is 0 Å². The zero-order valence-electron chi connectivity index (χ0n) is 15.7. The molecule has 27 heavy (non-hydrogen) atoms. The predicted octanol–water partition coefficient (Wildman–Crippen LogP) is 2.80. The molecule has 2 aromatic rings. The molecule has 1 aliphatic heterocycles. The lowest BCUT2D eigenvalue weighted by atomic mass is 10.1. The van der Waals surface area contributed by atoms with E-state index in [2.05, 4.69) is 26.3 Å². The number of amides is 1. The summed E-state index contributed by atoms with van der Waals surface area (Å²) in [4.78, 5) is 35.5. The third kappa shape index (κ3) is 4.30. The minimum atomic E-state index is -0.196. The molecule has 2 N–H and O–H groups in total. The average molecular weight is 387 g/mol. The Kier molecular flexibility index (Phi) is 5.41. The summed E-state index contributed by atoms with van der Waals surface area (Å²) >= 11 is 1.59. The van der Waals surface area contributed by atoms with Crippen LogP contribution < -0.4 is 10.9 Å². The van der Waals surface area contributed by atoms with Crippen LogP contribution >= 0.6 is 11.3 Å². The number of hydrogen-bond donors (Lipinski definition) is 2. The third-order valence-electron chi connectivity index (χ3n) is 5.65. The van der Waals surface area contributed by atoms with E-state index in [4.69, 9.17) is 0 Å². The van der Waals surface area contributed by atoms with Crippen molar-refractivity contribution in [1.82, 2.24) is 20.2 Å². The molecule has 1 unspecified atom stereocenters. The van der Waals surface area contributed by atoms with Crippen molar-refractivity contribution in [3.63, 3.8) is 0 Å². The van der Waals surface area contributed by atoms with E-state index in [-0.39, 0.29) is 18.0 Å². The van der Waals surface area contributed by atoms with Gasteiger partial charge in [0.05, 0.1) is 11.4 Å². The lowest BCUT2D eigenvalue weighted by molar-refractivity contribution is 0.0954. The molecule has 0 aromatic carbocycles. The highest BCUT2D eigenvalue weighted by atomic mass is 32.1. The Balaban J connectivity index is 1.34. The van der Waals surface area contributed by atoms with Crippen LogP contribution in [0.3, 0.4) is 0 Å². The highest BCUT2D eigenvalue weighted by molar-refractivity contribution is 7.14. The van der Waals surface area contributed by atoms with E-state index in [0.717, 1.165) is 17.5 Å². The maximum Gasteiger partial charge on any atom is 0.261 e. The van der Waals surface area contributed by atoms with Gasteiger partial charge in [-0.1, -0.05) is 12.8 Å². The van der Waals surface area contributed by atoms with Gasteiger partial charge in [-0.05, 0) is 44.9 Å². The van der Waals surface area contributed by atoms with Crippen molar-refractivity contribution in [2.45, 2.75) is 57.5 Å². The Morgan fingerprint density at radius 3 is 2.93 bits per heavy atom. The van der Waals surface area contributed by atoms with E-state index in [1.54, 1.807) is 18.3 Å². The second kappa shape index (κ2) is 7.94. The number of thiophene rings is 1. The molecule has 2 fully saturated rings. The topological polar surface area (TPSA) is 78.1 Å². The first-order valence-electron chi connectivity index (χ1n) is 9.77. The van der Waals surface area contributed by atoms with Gasteiger partial charge >= 0.3 is 0 Å². The van der Waals surface area contributed by atoms with Crippen LogP contribution in [0.2, 0.25) is 0 Å². The number of nitrogens with one attached hydrogen (secondary N) is 2. The largest absolute Gasteiger partial charge is 0.344 e. The minimum Gasteiger partial charge on any atom is -0.344 e. The highest BCUT2D eigenvalue weighted by Crippen LogP contribution is 2.35. The van der Waals surface area contributed by atoms with Gasteiger partial charge in [0, 0.05) is 35.1 Å². The molecule has 1 amide bonds. The Hall–Kier alpha value is -1.99. The second-order valence-electron chi connectivity index (χ2n) is 7.64. The van der Waals surface area contributed by atoms with Crippen molar-refractivity contribution in [3.8, 4) is 0 Å². The monoisotopic (exact) mass is 386 g/mol. The fourth-order valence-electron chi connectivity index (χ4n) is 4.29. The van der Waals surface area contributed by atoms with Gasteiger partial charge in [0.2, 0.25) is 0 Å². The zero-order valence-corrected chi connectivity index (χ0v) is 16.5. The summed E-state index contributed by atoms with van der Waals surface area (Å²) in [6.45, 7) is 4.30. The average Bonchev–Trinajstić information content (AvgIpc) is 3.39. The maximum absolute atomic E-state index is 12.5. The van der Waals surface area contributed by atoms with E-state index >= 15 is 0 Å². The predicted molar refractivity (Wildman–Crippen MR) is 106 cm³/mol. The van der Waals surface area contributed by atoms with Crippen LogP contribution in [-0.2, 0) is 6.54 Å². The summed E-state index contributed by atoms with van der Waals surface area (Å²) < 4.78 is 0. The molecular weight excluding hydrogens is 360 g/mol. The number of carbonyl (C=O) groups is 1. The molecule has 3 heterocycles. The SMILES string of the molecule is Cc1cc(=O)[nH]c(CNC(=O)c2ccc(C3CCN(C4CCCC4)C3)s2)n1. The van der Waals surface area contributed by atoms with Crippen molar-refractivity contribution in [1.29, 1.82) is 0 Å².